The molecule has 0 spiro atoms. The molecule has 2 aromatic heterocycles. The minimum absolute atomic E-state index is 0.0869. The van der Waals surface area contributed by atoms with E-state index < -0.39 is 47.4 Å². The van der Waals surface area contributed by atoms with Crippen molar-refractivity contribution in [3.05, 3.63) is 165 Å². The molecule has 16 nitrogen and oxygen atoms in total. The number of ether oxygens (including phenoxy) is 2. The Balaban J connectivity index is 1.01. The topological polar surface area (TPSA) is 211 Å². The van der Waals surface area contributed by atoms with Gasteiger partial charge in [0.15, 0.2) is 11.5 Å². The fraction of sp³-hybridized carbons (Fsp3) is 0.315. The lowest BCUT2D eigenvalue weighted by Crippen LogP contribution is -2.40. The number of piperidine rings is 1. The second kappa shape index (κ2) is 22.9. The van der Waals surface area contributed by atoms with Gasteiger partial charge in [0.05, 0.1) is 43.9 Å². The molecule has 0 bridgehead atoms. The van der Waals surface area contributed by atoms with Crippen molar-refractivity contribution in [2.75, 3.05) is 25.1 Å². The lowest BCUT2D eigenvalue weighted by atomic mass is 9.95. The van der Waals surface area contributed by atoms with Crippen molar-refractivity contribution >= 4 is 29.4 Å². The van der Waals surface area contributed by atoms with E-state index in [2.05, 4.69) is 20.5 Å². The number of pyridine rings is 1. The van der Waals surface area contributed by atoms with Crippen LogP contribution in [-0.4, -0.2) is 74.4 Å². The number of methoxy groups -OCH3 is 1. The highest BCUT2D eigenvalue weighted by atomic mass is 16.5. The van der Waals surface area contributed by atoms with E-state index in [0.717, 1.165) is 28.6 Å². The number of anilines is 1. The molecule has 0 radical (unpaired) electrons. The molecule has 1 saturated heterocycles. The summed E-state index contributed by atoms with van der Waals surface area (Å²) in [6, 6.07) is 30.2. The van der Waals surface area contributed by atoms with Gasteiger partial charge in [-0.05, 0) is 89.5 Å². The van der Waals surface area contributed by atoms with Gasteiger partial charge in [0, 0.05) is 55.6 Å². The van der Waals surface area contributed by atoms with Gasteiger partial charge in [0.2, 0.25) is 11.8 Å². The number of hydrogen-bond acceptors (Lipinski definition) is 10. The minimum atomic E-state index is -1.09. The number of aliphatic carboxylic acids is 2. The van der Waals surface area contributed by atoms with Crippen LogP contribution in [0, 0.1) is 12.8 Å². The number of carboxylic acid groups (broad SMARTS) is 2. The third kappa shape index (κ3) is 12.7. The summed E-state index contributed by atoms with van der Waals surface area (Å²) in [7, 11) is 1.54. The molecule has 1 fully saturated rings. The second-order valence-electron chi connectivity index (χ2n) is 17.9. The van der Waals surface area contributed by atoms with Crippen LogP contribution in [0.15, 0.2) is 137 Å². The van der Waals surface area contributed by atoms with Crippen molar-refractivity contribution in [1.82, 2.24) is 24.8 Å². The zero-order valence-corrected chi connectivity index (χ0v) is 39.6. The Hall–Kier alpha value is -8.01. The maximum absolute atomic E-state index is 13.8. The van der Waals surface area contributed by atoms with Crippen LogP contribution in [0.5, 0.6) is 11.5 Å². The molecular formula is C54H58N6O10. The van der Waals surface area contributed by atoms with Crippen LogP contribution in [0.2, 0.25) is 0 Å². The Bertz CT molecular complexity index is 2960. The van der Waals surface area contributed by atoms with Gasteiger partial charge in [-0.25, -0.2) is 4.98 Å². The van der Waals surface area contributed by atoms with Gasteiger partial charge in [0.25, 0.3) is 11.1 Å². The first-order valence-electron chi connectivity index (χ1n) is 23.3. The van der Waals surface area contributed by atoms with Gasteiger partial charge in [-0.2, -0.15) is 0 Å². The van der Waals surface area contributed by atoms with E-state index in [1.165, 1.54) is 28.5 Å². The molecule has 70 heavy (non-hydrogen) atoms. The van der Waals surface area contributed by atoms with E-state index in [0.29, 0.717) is 66.2 Å². The summed E-state index contributed by atoms with van der Waals surface area (Å²) < 4.78 is 14.8. The molecule has 364 valence electrons. The Morgan fingerprint density at radius 1 is 0.757 bits per heavy atom. The Morgan fingerprint density at radius 2 is 1.44 bits per heavy atom. The molecule has 16 heteroatoms. The van der Waals surface area contributed by atoms with Crippen molar-refractivity contribution in [2.45, 2.75) is 83.6 Å². The predicted octanol–water partition coefficient (Wildman–Crippen LogP) is 7.36. The van der Waals surface area contributed by atoms with E-state index in [-0.39, 0.29) is 37.0 Å². The minimum Gasteiger partial charge on any atom is -0.493 e. The van der Waals surface area contributed by atoms with Crippen molar-refractivity contribution < 1.29 is 38.9 Å². The Labute approximate surface area is 405 Å². The lowest BCUT2D eigenvalue weighted by molar-refractivity contribution is -0.139. The van der Waals surface area contributed by atoms with Gasteiger partial charge in [-0.3, -0.25) is 28.8 Å². The highest BCUT2D eigenvalue weighted by Gasteiger charge is 2.28. The summed E-state index contributed by atoms with van der Waals surface area (Å²) in [4.78, 5) is 83.7. The van der Waals surface area contributed by atoms with E-state index in [1.54, 1.807) is 48.7 Å². The molecule has 6 aromatic rings. The van der Waals surface area contributed by atoms with Crippen LogP contribution in [0.4, 0.5) is 5.69 Å². The zero-order valence-electron chi connectivity index (χ0n) is 39.6. The number of rotatable bonds is 20. The highest BCUT2D eigenvalue weighted by Crippen LogP contribution is 2.35. The third-order valence-electron chi connectivity index (χ3n) is 12.4. The quantitative estimate of drug-likeness (QED) is 0.0592. The maximum atomic E-state index is 13.8. The molecule has 1 aliphatic rings. The van der Waals surface area contributed by atoms with Crippen LogP contribution in [0.3, 0.4) is 0 Å². The standard InChI is InChI=1S/C54H58N6O10/c1-34(2)25-46(60-22-8-7-17-50(60)62)54(68)57-44(30-53(66)67)38-14-10-15-40(27-38)58-23-20-41(21-24-58)70-48-28-39(18-19-47(48)69-4)45-32-59(51(63)31-55-45)33-49(61)56-43(29-52(64)65)37-13-9-12-36(26-37)42-16-6-5-11-35(42)3/h5-19,22,26-28,31-32,34,41,43-44,46H,20-21,23-25,29-30,33H2,1-4H3,(H,56,61)(H,57,68)(H,64,65)(H,66,67)/t43-,44-,46-/m0/s1. The van der Waals surface area contributed by atoms with Crippen LogP contribution in [0.25, 0.3) is 22.4 Å². The fourth-order valence-electron chi connectivity index (χ4n) is 8.82. The number of carbonyl (C=O) groups is 4. The molecule has 7 rings (SSSR count). The molecule has 1 aliphatic heterocycles. The number of amides is 2. The monoisotopic (exact) mass is 950 g/mol. The molecule has 3 atom stereocenters. The van der Waals surface area contributed by atoms with Crippen LogP contribution in [0.1, 0.15) is 80.8 Å². The SMILES string of the molecule is COc1ccc(-c2cn(CC(=O)N[C@@H](CC(=O)O)c3cccc(-c4ccccc4C)c3)c(=O)cn2)cc1OC1CCN(c2cccc([C@H](CC(=O)O)NC(=O)[C@H](CC(C)C)n3ccccc3=O)c2)CC1. The fourth-order valence-corrected chi connectivity index (χ4v) is 8.82. The van der Waals surface area contributed by atoms with E-state index in [9.17, 15) is 39.0 Å². The molecule has 2 amide bonds. The number of benzene rings is 4. The second-order valence-corrected chi connectivity index (χ2v) is 17.9. The average molecular weight is 951 g/mol. The van der Waals surface area contributed by atoms with Crippen LogP contribution >= 0.6 is 0 Å². The summed E-state index contributed by atoms with van der Waals surface area (Å²) in [5.74, 6) is -2.12. The van der Waals surface area contributed by atoms with E-state index in [1.807, 2.05) is 81.4 Å². The van der Waals surface area contributed by atoms with Crippen molar-refractivity contribution in [3.8, 4) is 33.9 Å². The van der Waals surface area contributed by atoms with Crippen LogP contribution in [-0.2, 0) is 25.7 Å². The van der Waals surface area contributed by atoms with Gasteiger partial charge in [-0.1, -0.05) is 74.5 Å². The van der Waals surface area contributed by atoms with Gasteiger partial charge in [0.1, 0.15) is 18.7 Å². The number of hydrogen-bond donors (Lipinski definition) is 4. The number of aromatic nitrogens is 3. The first-order chi connectivity index (χ1) is 33.6. The van der Waals surface area contributed by atoms with Gasteiger partial charge >= 0.3 is 11.9 Å². The normalized spacial score (nSPS) is 14.0. The average Bonchev–Trinajstić information content (AvgIpc) is 3.34. The van der Waals surface area contributed by atoms with Gasteiger partial charge < -0.3 is 44.4 Å². The summed E-state index contributed by atoms with van der Waals surface area (Å²) >= 11 is 0. The number of carbonyl (C=O) groups excluding carboxylic acids is 2. The van der Waals surface area contributed by atoms with Crippen molar-refractivity contribution in [1.29, 1.82) is 0 Å². The summed E-state index contributed by atoms with van der Waals surface area (Å²) in [6.07, 6.45) is 4.92. The molecule has 4 aromatic carbocycles. The maximum Gasteiger partial charge on any atom is 0.305 e. The number of nitrogens with one attached hydrogen (secondary N) is 2. The first-order valence-corrected chi connectivity index (χ1v) is 23.3. The number of carboxylic acids is 2. The van der Waals surface area contributed by atoms with E-state index >= 15 is 0 Å². The summed E-state index contributed by atoms with van der Waals surface area (Å²) in [5.41, 5.74) is 5.18. The van der Waals surface area contributed by atoms with Crippen molar-refractivity contribution in [3.63, 3.8) is 0 Å². The molecule has 4 N–H and O–H groups in total. The molecule has 0 unspecified atom stereocenters. The van der Waals surface area contributed by atoms with Gasteiger partial charge in [-0.15, -0.1) is 0 Å². The smallest absolute Gasteiger partial charge is 0.305 e. The summed E-state index contributed by atoms with van der Waals surface area (Å²) in [5, 5.41) is 25.4. The molecule has 0 aliphatic carbocycles. The van der Waals surface area contributed by atoms with E-state index in [4.69, 9.17) is 9.47 Å². The number of nitrogens with zero attached hydrogens (tertiary/aromatic N) is 4. The highest BCUT2D eigenvalue weighted by molar-refractivity contribution is 5.82. The predicted molar refractivity (Wildman–Crippen MR) is 265 cm³/mol. The number of aryl methyl sites for hydroxylation is 1. The van der Waals surface area contributed by atoms with Crippen LogP contribution < -0.4 is 36.1 Å². The lowest BCUT2D eigenvalue weighted by Gasteiger charge is -2.34. The van der Waals surface area contributed by atoms with Crippen molar-refractivity contribution in [2.24, 2.45) is 5.92 Å². The zero-order chi connectivity index (χ0) is 49.9. The Morgan fingerprint density at radius 3 is 2.13 bits per heavy atom. The molecular weight excluding hydrogens is 893 g/mol. The summed E-state index contributed by atoms with van der Waals surface area (Å²) in [6.45, 7) is 6.75. The first kappa shape index (κ1) is 49.9. The third-order valence-corrected chi connectivity index (χ3v) is 12.4. The molecule has 0 saturated carbocycles. The Kier molecular flexibility index (Phi) is 16.3. The largest absolute Gasteiger partial charge is 0.493 e. The molecule has 3 heterocycles.